The summed E-state index contributed by atoms with van der Waals surface area (Å²) in [6.07, 6.45) is 8.89. The van der Waals surface area contributed by atoms with Crippen LogP contribution in [0, 0.1) is 16.7 Å². The Morgan fingerprint density at radius 2 is 1.53 bits per heavy atom. The van der Waals surface area contributed by atoms with Crippen LogP contribution >= 0.6 is 0 Å². The zero-order valence-electron chi connectivity index (χ0n) is 20.8. The minimum atomic E-state index is -0.278. The Bertz CT molecular complexity index is 785. The second-order valence-electron chi connectivity index (χ2n) is 11.2. The monoisotopic (exact) mass is 443 g/mol. The topological polar surface area (TPSA) is 78.4 Å². The summed E-state index contributed by atoms with van der Waals surface area (Å²) in [6, 6.07) is 0.0621. The molecule has 0 aromatic carbocycles. The molecule has 3 rings (SSSR count). The highest BCUT2D eigenvalue weighted by Crippen LogP contribution is 2.43. The summed E-state index contributed by atoms with van der Waals surface area (Å²) >= 11 is 0. The van der Waals surface area contributed by atoms with Crippen LogP contribution in [0.3, 0.4) is 0 Å². The van der Waals surface area contributed by atoms with Crippen molar-refractivity contribution in [3.05, 3.63) is 18.2 Å². The minimum absolute atomic E-state index is 0.0621. The summed E-state index contributed by atoms with van der Waals surface area (Å²) in [4.78, 5) is 38.1. The van der Waals surface area contributed by atoms with Crippen molar-refractivity contribution in [1.29, 1.82) is 0 Å². The van der Waals surface area contributed by atoms with Gasteiger partial charge >= 0.3 is 0 Å². The first kappa shape index (κ1) is 24.5. The van der Waals surface area contributed by atoms with Crippen LogP contribution in [0.1, 0.15) is 84.3 Å². The van der Waals surface area contributed by atoms with Gasteiger partial charge in [-0.2, -0.15) is 0 Å². The zero-order chi connectivity index (χ0) is 23.5. The van der Waals surface area contributed by atoms with Gasteiger partial charge in [0.2, 0.25) is 11.7 Å². The van der Waals surface area contributed by atoms with Crippen LogP contribution in [0.15, 0.2) is 12.4 Å². The van der Waals surface area contributed by atoms with E-state index in [0.29, 0.717) is 17.2 Å². The van der Waals surface area contributed by atoms with Gasteiger partial charge in [-0.05, 0) is 57.3 Å². The van der Waals surface area contributed by atoms with E-state index in [2.05, 4.69) is 52.8 Å². The molecule has 0 atom stereocenters. The van der Waals surface area contributed by atoms with Gasteiger partial charge in [-0.15, -0.1) is 0 Å². The molecule has 178 valence electrons. The van der Waals surface area contributed by atoms with Crippen LogP contribution < -0.4 is 10.2 Å². The number of likely N-dealkylation sites (tertiary alicyclic amines) is 1. The Kier molecular flexibility index (Phi) is 7.46. The molecule has 0 bridgehead atoms. The predicted octanol–water partition coefficient (Wildman–Crippen LogP) is 3.90. The van der Waals surface area contributed by atoms with E-state index in [9.17, 15) is 9.59 Å². The average molecular weight is 444 g/mol. The van der Waals surface area contributed by atoms with Crippen molar-refractivity contribution in [1.82, 2.24) is 20.2 Å². The maximum atomic E-state index is 13.1. The van der Waals surface area contributed by atoms with Crippen molar-refractivity contribution in [2.75, 3.05) is 31.1 Å². The molecule has 7 heteroatoms. The predicted molar refractivity (Wildman–Crippen MR) is 128 cm³/mol. The van der Waals surface area contributed by atoms with Crippen molar-refractivity contribution in [2.24, 2.45) is 16.7 Å². The normalized spacial score (nSPS) is 19.0. The third-order valence-electron chi connectivity index (χ3n) is 7.06. The summed E-state index contributed by atoms with van der Waals surface area (Å²) in [7, 11) is 0. The van der Waals surface area contributed by atoms with E-state index >= 15 is 0 Å². The third-order valence-corrected chi connectivity index (χ3v) is 7.06. The molecular formula is C25H41N5O2. The fraction of sp³-hybridized carbons (Fsp3) is 0.760. The minimum Gasteiger partial charge on any atom is -0.369 e. The smallest absolute Gasteiger partial charge is 0.289 e. The third kappa shape index (κ3) is 5.78. The summed E-state index contributed by atoms with van der Waals surface area (Å²) in [5.41, 5.74) is 1.04. The quantitative estimate of drug-likeness (QED) is 0.721. The number of nitrogens with zero attached hydrogens (tertiary/aromatic N) is 4. The molecule has 2 aliphatic rings. The number of hydrogen-bond donors (Lipinski definition) is 1. The number of amides is 2. The fourth-order valence-electron chi connectivity index (χ4n) is 5.39. The fourth-order valence-corrected chi connectivity index (χ4v) is 5.39. The van der Waals surface area contributed by atoms with Gasteiger partial charge in [0.05, 0.1) is 18.1 Å². The maximum absolute atomic E-state index is 13.1. The van der Waals surface area contributed by atoms with Crippen LogP contribution in [0.2, 0.25) is 0 Å². The average Bonchev–Trinajstić information content (AvgIpc) is 2.73. The molecule has 1 spiro atoms. The summed E-state index contributed by atoms with van der Waals surface area (Å²) in [6.45, 7) is 16.1. The molecule has 0 radical (unpaired) electrons. The van der Waals surface area contributed by atoms with Crippen LogP contribution in [0.4, 0.5) is 5.69 Å². The van der Waals surface area contributed by atoms with Crippen molar-refractivity contribution in [3.8, 4) is 0 Å². The molecule has 1 aromatic heterocycles. The number of aromatic nitrogens is 2. The van der Waals surface area contributed by atoms with Crippen LogP contribution in [0.25, 0.3) is 0 Å². The lowest BCUT2D eigenvalue weighted by molar-refractivity contribution is -0.144. The number of carbonyl (C=O) groups is 2. The molecule has 0 unspecified atom stereocenters. The lowest BCUT2D eigenvalue weighted by atomic mass is 9.70. The van der Waals surface area contributed by atoms with Gasteiger partial charge in [-0.3, -0.25) is 9.59 Å². The maximum Gasteiger partial charge on any atom is 0.289 e. The molecule has 2 saturated heterocycles. The molecule has 7 nitrogen and oxygen atoms in total. The molecule has 0 aliphatic carbocycles. The van der Waals surface area contributed by atoms with Crippen molar-refractivity contribution >= 4 is 17.5 Å². The van der Waals surface area contributed by atoms with Crippen LogP contribution in [-0.2, 0) is 4.79 Å². The summed E-state index contributed by atoms with van der Waals surface area (Å²) < 4.78 is 0. The Morgan fingerprint density at radius 1 is 1.00 bits per heavy atom. The first-order chi connectivity index (χ1) is 15.0. The Hall–Kier alpha value is -2.18. The molecule has 2 amide bonds. The Balaban J connectivity index is 1.52. The number of hydrogen-bond acceptors (Lipinski definition) is 5. The van der Waals surface area contributed by atoms with Gasteiger partial charge < -0.3 is 15.1 Å². The van der Waals surface area contributed by atoms with Crippen LogP contribution in [0.5, 0.6) is 0 Å². The highest BCUT2D eigenvalue weighted by Gasteiger charge is 2.41. The van der Waals surface area contributed by atoms with Gasteiger partial charge in [0.25, 0.3) is 5.91 Å². The largest absolute Gasteiger partial charge is 0.369 e. The first-order valence-electron chi connectivity index (χ1n) is 12.2. The standard InChI is InChI=1S/C25H41N5O2/c1-18(2)15-24(5,6)23(32)30-13-9-25(10-14-30)7-11-29(12-8-25)20-16-26-21(27-17-20)22(31)28-19(3)4/h16-19H,7-15H2,1-6H3,(H,28,31). The number of nitrogens with one attached hydrogen (secondary N) is 1. The Labute approximate surface area is 193 Å². The van der Waals surface area contributed by atoms with E-state index in [1.54, 1.807) is 12.4 Å². The van der Waals surface area contributed by atoms with Crippen LogP contribution in [-0.4, -0.2) is 58.9 Å². The van der Waals surface area contributed by atoms with E-state index in [0.717, 1.165) is 64.0 Å². The van der Waals surface area contributed by atoms with Gasteiger partial charge in [-0.1, -0.05) is 27.7 Å². The molecule has 1 N–H and O–H groups in total. The Morgan fingerprint density at radius 3 is 2.03 bits per heavy atom. The second-order valence-corrected chi connectivity index (χ2v) is 11.2. The van der Waals surface area contributed by atoms with E-state index in [1.807, 2.05) is 13.8 Å². The van der Waals surface area contributed by atoms with Crippen molar-refractivity contribution in [3.63, 3.8) is 0 Å². The molecule has 2 fully saturated rings. The van der Waals surface area contributed by atoms with Gasteiger partial charge in [0.1, 0.15) is 0 Å². The van der Waals surface area contributed by atoms with Crippen molar-refractivity contribution in [2.45, 2.75) is 79.7 Å². The summed E-state index contributed by atoms with van der Waals surface area (Å²) in [5.74, 6) is 0.824. The highest BCUT2D eigenvalue weighted by molar-refractivity contribution is 5.90. The first-order valence-corrected chi connectivity index (χ1v) is 12.2. The lowest BCUT2D eigenvalue weighted by Crippen LogP contribution is -2.51. The number of piperidine rings is 2. The van der Waals surface area contributed by atoms with Gasteiger partial charge in [0, 0.05) is 37.6 Å². The molecule has 0 saturated carbocycles. The molecule has 1 aromatic rings. The summed E-state index contributed by atoms with van der Waals surface area (Å²) in [5, 5.41) is 2.82. The van der Waals surface area contributed by atoms with E-state index < -0.39 is 0 Å². The number of rotatable bonds is 6. The van der Waals surface area contributed by atoms with Crippen molar-refractivity contribution < 1.29 is 9.59 Å². The van der Waals surface area contributed by atoms with E-state index in [1.165, 1.54) is 0 Å². The van der Waals surface area contributed by atoms with Gasteiger partial charge in [0.15, 0.2) is 0 Å². The van der Waals surface area contributed by atoms with Gasteiger partial charge in [-0.25, -0.2) is 9.97 Å². The highest BCUT2D eigenvalue weighted by atomic mass is 16.2. The molecule has 3 heterocycles. The van der Waals surface area contributed by atoms with E-state index in [4.69, 9.17) is 0 Å². The lowest BCUT2D eigenvalue weighted by Gasteiger charge is -2.48. The SMILES string of the molecule is CC(C)CC(C)(C)C(=O)N1CCC2(CC1)CCN(c1cnc(C(=O)NC(C)C)nc1)CC2. The molecule has 32 heavy (non-hydrogen) atoms. The number of anilines is 1. The second kappa shape index (κ2) is 9.75. The molecular weight excluding hydrogens is 402 g/mol. The van der Waals surface area contributed by atoms with E-state index in [-0.39, 0.29) is 23.2 Å². The molecule has 2 aliphatic heterocycles. The number of carbonyl (C=O) groups excluding carboxylic acids is 2. The zero-order valence-corrected chi connectivity index (χ0v) is 20.8.